The van der Waals surface area contributed by atoms with Crippen molar-refractivity contribution in [3.63, 3.8) is 0 Å². The molecule has 0 aromatic heterocycles. The van der Waals surface area contributed by atoms with E-state index < -0.39 is 0 Å². The standard InChI is InChI=1S/C16H28N4/c1-15(2)9-14(10-16(3,4)19-15)20(5)13-7-11(17)6-12(18)8-13/h6-8,14,19H,9-10,17-18H2,1-5H3. The van der Waals surface area contributed by atoms with E-state index in [0.717, 1.165) is 29.9 Å². The zero-order valence-electron chi connectivity index (χ0n) is 13.3. The van der Waals surface area contributed by atoms with Crippen molar-refractivity contribution in [2.75, 3.05) is 23.4 Å². The number of nitrogen functional groups attached to an aromatic ring is 2. The van der Waals surface area contributed by atoms with Crippen LogP contribution in [0, 0.1) is 0 Å². The summed E-state index contributed by atoms with van der Waals surface area (Å²) < 4.78 is 0. The van der Waals surface area contributed by atoms with E-state index in [4.69, 9.17) is 11.5 Å². The van der Waals surface area contributed by atoms with Crippen LogP contribution in [0.15, 0.2) is 18.2 Å². The van der Waals surface area contributed by atoms with Gasteiger partial charge in [-0.25, -0.2) is 0 Å². The minimum Gasteiger partial charge on any atom is -0.399 e. The summed E-state index contributed by atoms with van der Waals surface area (Å²) >= 11 is 0. The van der Waals surface area contributed by atoms with Crippen molar-refractivity contribution in [2.24, 2.45) is 0 Å². The molecule has 2 rings (SSSR count). The second-order valence-electron chi connectivity index (χ2n) is 7.42. The first-order chi connectivity index (χ1) is 9.08. The summed E-state index contributed by atoms with van der Waals surface area (Å²) in [6.45, 7) is 9.07. The van der Waals surface area contributed by atoms with Gasteiger partial charge in [-0.1, -0.05) is 0 Å². The number of hydrogen-bond acceptors (Lipinski definition) is 4. The SMILES string of the molecule is CN(c1cc(N)cc(N)c1)C1CC(C)(C)NC(C)(C)C1. The predicted octanol–water partition coefficient (Wildman–Crippen LogP) is 2.60. The topological polar surface area (TPSA) is 67.3 Å². The number of piperidine rings is 1. The molecule has 0 saturated carbocycles. The molecule has 20 heavy (non-hydrogen) atoms. The van der Waals surface area contributed by atoms with Crippen LogP contribution in [-0.4, -0.2) is 24.2 Å². The molecule has 4 nitrogen and oxygen atoms in total. The van der Waals surface area contributed by atoms with Gasteiger partial charge in [0.15, 0.2) is 0 Å². The predicted molar refractivity (Wildman–Crippen MR) is 88.0 cm³/mol. The lowest BCUT2D eigenvalue weighted by molar-refractivity contribution is 0.161. The lowest BCUT2D eigenvalue weighted by Gasteiger charge is -2.49. The molecule has 1 fully saturated rings. The van der Waals surface area contributed by atoms with Gasteiger partial charge in [-0.05, 0) is 58.7 Å². The fraction of sp³-hybridized carbons (Fsp3) is 0.625. The molecule has 1 aliphatic heterocycles. The molecule has 0 bridgehead atoms. The molecule has 112 valence electrons. The highest BCUT2D eigenvalue weighted by Crippen LogP contribution is 2.34. The molecule has 0 amide bonds. The first-order valence-corrected chi connectivity index (χ1v) is 7.26. The molecule has 4 heteroatoms. The summed E-state index contributed by atoms with van der Waals surface area (Å²) in [6.07, 6.45) is 2.20. The average molecular weight is 276 g/mol. The maximum absolute atomic E-state index is 5.91. The van der Waals surface area contributed by atoms with E-state index in [1.54, 1.807) is 6.07 Å². The summed E-state index contributed by atoms with van der Waals surface area (Å²) in [7, 11) is 2.14. The van der Waals surface area contributed by atoms with Gasteiger partial charge in [-0.2, -0.15) is 0 Å². The number of rotatable bonds is 2. The first kappa shape index (κ1) is 15.0. The lowest BCUT2D eigenvalue weighted by Crippen LogP contribution is -2.61. The van der Waals surface area contributed by atoms with Crippen LogP contribution in [0.4, 0.5) is 17.1 Å². The highest BCUT2D eigenvalue weighted by molar-refractivity contribution is 5.65. The molecular weight excluding hydrogens is 248 g/mol. The van der Waals surface area contributed by atoms with Crippen LogP contribution in [0.3, 0.4) is 0 Å². The molecule has 0 spiro atoms. The van der Waals surface area contributed by atoms with E-state index in [-0.39, 0.29) is 11.1 Å². The highest BCUT2D eigenvalue weighted by Gasteiger charge is 2.39. The molecule has 0 aliphatic carbocycles. The molecule has 1 aromatic rings. The Morgan fingerprint density at radius 1 is 1.00 bits per heavy atom. The molecule has 0 radical (unpaired) electrons. The Kier molecular flexibility index (Phi) is 3.63. The Morgan fingerprint density at radius 3 is 1.90 bits per heavy atom. The van der Waals surface area contributed by atoms with Gasteiger partial charge < -0.3 is 21.7 Å². The molecular formula is C16H28N4. The minimum absolute atomic E-state index is 0.131. The largest absolute Gasteiger partial charge is 0.399 e. The highest BCUT2D eigenvalue weighted by atomic mass is 15.2. The molecule has 5 N–H and O–H groups in total. The Hall–Kier alpha value is -1.42. The normalized spacial score (nSPS) is 21.6. The monoisotopic (exact) mass is 276 g/mol. The van der Waals surface area contributed by atoms with Crippen molar-refractivity contribution in [1.82, 2.24) is 5.32 Å². The van der Waals surface area contributed by atoms with Gasteiger partial charge in [-0.15, -0.1) is 0 Å². The first-order valence-electron chi connectivity index (χ1n) is 7.26. The quantitative estimate of drug-likeness (QED) is 0.726. The minimum atomic E-state index is 0.131. The molecule has 1 heterocycles. The van der Waals surface area contributed by atoms with E-state index in [9.17, 15) is 0 Å². The zero-order chi connectivity index (χ0) is 15.1. The smallest absolute Gasteiger partial charge is 0.0407 e. The van der Waals surface area contributed by atoms with E-state index in [1.165, 1.54) is 0 Å². The summed E-state index contributed by atoms with van der Waals surface area (Å²) in [5, 5.41) is 3.71. The van der Waals surface area contributed by atoms with E-state index in [1.807, 2.05) is 12.1 Å². The van der Waals surface area contributed by atoms with Crippen molar-refractivity contribution >= 4 is 17.1 Å². The third-order valence-electron chi connectivity index (χ3n) is 4.09. The third-order valence-corrected chi connectivity index (χ3v) is 4.09. The van der Waals surface area contributed by atoms with Crippen molar-refractivity contribution in [3.8, 4) is 0 Å². The summed E-state index contributed by atoms with van der Waals surface area (Å²) in [6, 6.07) is 6.27. The number of hydrogen-bond donors (Lipinski definition) is 3. The van der Waals surface area contributed by atoms with Crippen molar-refractivity contribution in [1.29, 1.82) is 0 Å². The molecule has 0 atom stereocenters. The van der Waals surface area contributed by atoms with Crippen LogP contribution in [0.5, 0.6) is 0 Å². The Balaban J connectivity index is 2.25. The van der Waals surface area contributed by atoms with E-state index in [2.05, 4.69) is 45.0 Å². The number of benzene rings is 1. The van der Waals surface area contributed by atoms with Crippen LogP contribution in [0.2, 0.25) is 0 Å². The van der Waals surface area contributed by atoms with Gasteiger partial charge in [0.05, 0.1) is 0 Å². The summed E-state index contributed by atoms with van der Waals surface area (Å²) in [5.74, 6) is 0. The van der Waals surface area contributed by atoms with E-state index in [0.29, 0.717) is 6.04 Å². The second kappa shape index (κ2) is 4.85. The number of anilines is 3. The summed E-state index contributed by atoms with van der Waals surface area (Å²) in [5.41, 5.74) is 14.6. The molecule has 1 aromatic carbocycles. The van der Waals surface area contributed by atoms with Crippen LogP contribution in [0.25, 0.3) is 0 Å². The van der Waals surface area contributed by atoms with Gasteiger partial charge in [0.25, 0.3) is 0 Å². The van der Waals surface area contributed by atoms with Crippen LogP contribution >= 0.6 is 0 Å². The number of nitrogens with zero attached hydrogens (tertiary/aromatic N) is 1. The lowest BCUT2D eigenvalue weighted by atomic mass is 9.79. The fourth-order valence-electron chi connectivity index (χ4n) is 3.62. The van der Waals surface area contributed by atoms with Gasteiger partial charge in [0.1, 0.15) is 0 Å². The number of nitrogens with one attached hydrogen (secondary N) is 1. The van der Waals surface area contributed by atoms with Crippen molar-refractivity contribution < 1.29 is 0 Å². The molecule has 1 aliphatic rings. The van der Waals surface area contributed by atoms with E-state index >= 15 is 0 Å². The van der Waals surface area contributed by atoms with Gasteiger partial charge in [0.2, 0.25) is 0 Å². The van der Waals surface area contributed by atoms with Gasteiger partial charge in [0, 0.05) is 41.2 Å². The van der Waals surface area contributed by atoms with Gasteiger partial charge >= 0.3 is 0 Å². The Morgan fingerprint density at radius 2 is 1.45 bits per heavy atom. The third kappa shape index (κ3) is 3.37. The summed E-state index contributed by atoms with van der Waals surface area (Å²) in [4.78, 5) is 2.32. The molecule has 1 saturated heterocycles. The second-order valence-corrected chi connectivity index (χ2v) is 7.42. The van der Waals surface area contributed by atoms with Crippen molar-refractivity contribution in [2.45, 2.75) is 57.7 Å². The maximum Gasteiger partial charge on any atom is 0.0407 e. The number of nitrogens with two attached hydrogens (primary N) is 2. The van der Waals surface area contributed by atoms with Crippen LogP contribution < -0.4 is 21.7 Å². The average Bonchev–Trinajstić information content (AvgIpc) is 2.22. The van der Waals surface area contributed by atoms with Crippen LogP contribution in [0.1, 0.15) is 40.5 Å². The maximum atomic E-state index is 5.91. The molecule has 0 unspecified atom stereocenters. The van der Waals surface area contributed by atoms with Crippen molar-refractivity contribution in [3.05, 3.63) is 18.2 Å². The van der Waals surface area contributed by atoms with Gasteiger partial charge in [-0.3, -0.25) is 0 Å². The Bertz CT molecular complexity index is 457. The Labute approximate surface area is 122 Å². The fourth-order valence-corrected chi connectivity index (χ4v) is 3.62. The van der Waals surface area contributed by atoms with Crippen LogP contribution in [-0.2, 0) is 0 Å². The zero-order valence-corrected chi connectivity index (χ0v) is 13.3.